The van der Waals surface area contributed by atoms with E-state index in [4.69, 9.17) is 32.7 Å². The van der Waals surface area contributed by atoms with Gasteiger partial charge in [-0.25, -0.2) is 8.42 Å². The number of hydrogen-bond donors (Lipinski definition) is 1. The van der Waals surface area contributed by atoms with Gasteiger partial charge in [0.25, 0.3) is 10.0 Å². The summed E-state index contributed by atoms with van der Waals surface area (Å²) in [7, 11) is 0.0303. The van der Waals surface area contributed by atoms with Gasteiger partial charge in [0.2, 0.25) is 11.8 Å². The quantitative estimate of drug-likeness (QED) is 0.354. The van der Waals surface area contributed by atoms with Crippen LogP contribution in [0.15, 0.2) is 71.6 Å². The van der Waals surface area contributed by atoms with Crippen LogP contribution in [0.5, 0.6) is 11.5 Å². The summed E-state index contributed by atoms with van der Waals surface area (Å²) < 4.78 is 39.4. The topological polar surface area (TPSA) is 105 Å². The number of amides is 2. The van der Waals surface area contributed by atoms with Gasteiger partial charge in [0.15, 0.2) is 0 Å². The second-order valence-corrected chi connectivity index (χ2v) is 11.0. The van der Waals surface area contributed by atoms with Gasteiger partial charge in [0, 0.05) is 29.2 Å². The van der Waals surface area contributed by atoms with Gasteiger partial charge in [-0.1, -0.05) is 41.4 Å². The van der Waals surface area contributed by atoms with E-state index in [1.807, 2.05) is 0 Å². The number of likely N-dealkylation sites (N-methyl/N-ethyl adjacent to an activating group) is 1. The molecule has 3 aromatic carbocycles. The molecule has 0 heterocycles. The zero-order valence-electron chi connectivity index (χ0n) is 21.9. The zero-order valence-corrected chi connectivity index (χ0v) is 24.2. The van der Waals surface area contributed by atoms with E-state index in [9.17, 15) is 18.0 Å². The Balaban J connectivity index is 2.11. The molecule has 12 heteroatoms. The Morgan fingerprint density at radius 2 is 1.54 bits per heavy atom. The Hall–Kier alpha value is -3.47. The van der Waals surface area contributed by atoms with E-state index in [1.165, 1.54) is 63.4 Å². The SMILES string of the molecule is CNC(=O)[C@@H](C)N(Cc1c(Cl)cccc1Cl)C(=O)CN(c1ccccc1OC)S(=O)(=O)c1ccc(OC)cc1. The first-order valence-corrected chi connectivity index (χ1v) is 14.0. The fourth-order valence-corrected chi connectivity index (χ4v) is 5.81. The molecule has 0 aliphatic rings. The number of nitrogens with one attached hydrogen (secondary N) is 1. The highest BCUT2D eigenvalue weighted by atomic mass is 35.5. The number of ether oxygens (including phenoxy) is 2. The predicted octanol–water partition coefficient (Wildman–Crippen LogP) is 4.37. The number of carbonyl (C=O) groups excluding carboxylic acids is 2. The number of rotatable bonds is 11. The number of para-hydroxylation sites is 2. The van der Waals surface area contributed by atoms with Gasteiger partial charge in [0.05, 0.1) is 24.8 Å². The molecule has 0 saturated heterocycles. The molecule has 0 saturated carbocycles. The summed E-state index contributed by atoms with van der Waals surface area (Å²) in [6.45, 7) is 0.763. The van der Waals surface area contributed by atoms with E-state index >= 15 is 0 Å². The molecule has 9 nitrogen and oxygen atoms in total. The number of hydrogen-bond acceptors (Lipinski definition) is 6. The van der Waals surface area contributed by atoms with Gasteiger partial charge in [-0.15, -0.1) is 0 Å². The lowest BCUT2D eigenvalue weighted by atomic mass is 10.1. The molecule has 0 aliphatic carbocycles. The van der Waals surface area contributed by atoms with Crippen molar-refractivity contribution in [2.24, 2.45) is 0 Å². The minimum atomic E-state index is -4.28. The van der Waals surface area contributed by atoms with Crippen molar-refractivity contribution in [3.8, 4) is 11.5 Å². The highest BCUT2D eigenvalue weighted by molar-refractivity contribution is 7.92. The number of anilines is 1. The van der Waals surface area contributed by atoms with Crippen molar-refractivity contribution in [2.45, 2.75) is 24.4 Å². The standard InChI is InChI=1S/C27H29Cl2N3O6S/c1-18(27(34)30-2)31(16-21-22(28)8-7-9-23(21)29)26(33)17-32(24-10-5-6-11-25(24)38-4)39(35,36)20-14-12-19(37-3)13-15-20/h5-15,18H,16-17H2,1-4H3,(H,30,34)/t18-/m1/s1. The van der Waals surface area contributed by atoms with Crippen molar-refractivity contribution in [3.63, 3.8) is 0 Å². The first-order valence-electron chi connectivity index (χ1n) is 11.8. The van der Waals surface area contributed by atoms with Gasteiger partial charge in [-0.2, -0.15) is 0 Å². The number of nitrogens with zero attached hydrogens (tertiary/aromatic N) is 2. The molecule has 0 bridgehead atoms. The number of benzene rings is 3. The van der Waals surface area contributed by atoms with Crippen LogP contribution in [0.25, 0.3) is 0 Å². The molecule has 0 radical (unpaired) electrons. The molecule has 3 rings (SSSR count). The van der Waals surface area contributed by atoms with Crippen LogP contribution in [0.3, 0.4) is 0 Å². The monoisotopic (exact) mass is 593 g/mol. The molecule has 0 spiro atoms. The summed E-state index contributed by atoms with van der Waals surface area (Å²) in [5, 5.41) is 3.13. The Morgan fingerprint density at radius 3 is 2.10 bits per heavy atom. The molecule has 0 unspecified atom stereocenters. The van der Waals surface area contributed by atoms with Gasteiger partial charge >= 0.3 is 0 Å². The van der Waals surface area contributed by atoms with E-state index in [2.05, 4.69) is 5.32 Å². The molecule has 39 heavy (non-hydrogen) atoms. The van der Waals surface area contributed by atoms with E-state index in [1.54, 1.807) is 36.4 Å². The van der Waals surface area contributed by atoms with Crippen LogP contribution < -0.4 is 19.1 Å². The third kappa shape index (κ3) is 6.76. The molecule has 1 N–H and O–H groups in total. The van der Waals surface area contributed by atoms with Crippen LogP contribution in [0.1, 0.15) is 12.5 Å². The van der Waals surface area contributed by atoms with Crippen LogP contribution >= 0.6 is 23.2 Å². The third-order valence-electron chi connectivity index (χ3n) is 6.08. The molecule has 1 atom stereocenters. The Morgan fingerprint density at radius 1 is 0.923 bits per heavy atom. The highest BCUT2D eigenvalue weighted by Crippen LogP contribution is 2.33. The average Bonchev–Trinajstić information content (AvgIpc) is 2.94. The Kier molecular flexibility index (Phi) is 10.1. The van der Waals surface area contributed by atoms with Crippen LogP contribution in [-0.4, -0.2) is 59.0 Å². The minimum absolute atomic E-state index is 0.0675. The molecule has 208 valence electrons. The minimum Gasteiger partial charge on any atom is -0.497 e. The lowest BCUT2D eigenvalue weighted by Crippen LogP contribution is -2.50. The fraction of sp³-hybridized carbons (Fsp3) is 0.259. The van der Waals surface area contributed by atoms with Crippen molar-refractivity contribution < 1.29 is 27.5 Å². The summed E-state index contributed by atoms with van der Waals surface area (Å²) in [6.07, 6.45) is 0. The summed E-state index contributed by atoms with van der Waals surface area (Å²) in [6, 6.07) is 16.1. The molecular formula is C27H29Cl2N3O6S. The van der Waals surface area contributed by atoms with E-state index in [0.717, 1.165) is 4.31 Å². The maximum Gasteiger partial charge on any atom is 0.264 e. The highest BCUT2D eigenvalue weighted by Gasteiger charge is 2.34. The summed E-state index contributed by atoms with van der Waals surface area (Å²) >= 11 is 12.7. The van der Waals surface area contributed by atoms with Crippen LogP contribution in [-0.2, 0) is 26.2 Å². The second kappa shape index (κ2) is 13.1. The normalized spacial score (nSPS) is 11.8. The van der Waals surface area contributed by atoms with E-state index < -0.39 is 34.4 Å². The zero-order chi connectivity index (χ0) is 28.7. The lowest BCUT2D eigenvalue weighted by molar-refractivity contribution is -0.139. The smallest absolute Gasteiger partial charge is 0.264 e. The number of sulfonamides is 1. The van der Waals surface area contributed by atoms with Crippen LogP contribution in [0.2, 0.25) is 10.0 Å². The molecular weight excluding hydrogens is 565 g/mol. The Labute approximate surface area is 238 Å². The second-order valence-electron chi connectivity index (χ2n) is 8.37. The van der Waals surface area contributed by atoms with Crippen LogP contribution in [0, 0.1) is 0 Å². The fourth-order valence-electron chi connectivity index (χ4n) is 3.87. The Bertz CT molecular complexity index is 1410. The number of carbonyl (C=O) groups is 2. The summed E-state index contributed by atoms with van der Waals surface area (Å²) in [5.41, 5.74) is 0.569. The average molecular weight is 595 g/mol. The maximum absolute atomic E-state index is 13.9. The predicted molar refractivity (Wildman–Crippen MR) is 151 cm³/mol. The third-order valence-corrected chi connectivity index (χ3v) is 8.57. The first-order chi connectivity index (χ1) is 18.5. The number of halogens is 2. The van der Waals surface area contributed by atoms with Crippen molar-refractivity contribution >= 4 is 50.7 Å². The lowest BCUT2D eigenvalue weighted by Gasteiger charge is -2.32. The van der Waals surface area contributed by atoms with Crippen molar-refractivity contribution in [2.75, 3.05) is 32.1 Å². The largest absolute Gasteiger partial charge is 0.497 e. The van der Waals surface area contributed by atoms with Gasteiger partial charge in [-0.3, -0.25) is 13.9 Å². The van der Waals surface area contributed by atoms with E-state index in [-0.39, 0.29) is 22.9 Å². The van der Waals surface area contributed by atoms with Crippen molar-refractivity contribution in [3.05, 3.63) is 82.3 Å². The van der Waals surface area contributed by atoms with E-state index in [0.29, 0.717) is 21.4 Å². The van der Waals surface area contributed by atoms with Crippen molar-refractivity contribution in [1.29, 1.82) is 0 Å². The van der Waals surface area contributed by atoms with Gasteiger partial charge in [0.1, 0.15) is 24.1 Å². The molecule has 2 amide bonds. The van der Waals surface area contributed by atoms with Crippen molar-refractivity contribution in [1.82, 2.24) is 10.2 Å². The maximum atomic E-state index is 13.9. The summed E-state index contributed by atoms with van der Waals surface area (Å²) in [4.78, 5) is 27.7. The molecule has 0 aromatic heterocycles. The van der Waals surface area contributed by atoms with Crippen LogP contribution in [0.4, 0.5) is 5.69 Å². The molecule has 3 aromatic rings. The molecule has 0 aliphatic heterocycles. The van der Waals surface area contributed by atoms with Gasteiger partial charge in [-0.05, 0) is 55.5 Å². The summed E-state index contributed by atoms with van der Waals surface area (Å²) in [5.74, 6) is -0.406. The number of methoxy groups -OCH3 is 2. The molecule has 0 fully saturated rings. The first kappa shape index (κ1) is 30.1. The van der Waals surface area contributed by atoms with Gasteiger partial charge < -0.3 is 19.7 Å².